The molecule has 0 atom stereocenters. The van der Waals surface area contributed by atoms with Crippen LogP contribution in [-0.2, 0) is 6.54 Å². The molecule has 0 unspecified atom stereocenters. The van der Waals surface area contributed by atoms with Crippen molar-refractivity contribution in [3.8, 4) is 0 Å². The van der Waals surface area contributed by atoms with E-state index in [4.69, 9.17) is 17.3 Å². The summed E-state index contributed by atoms with van der Waals surface area (Å²) >= 11 is 6.11. The van der Waals surface area contributed by atoms with Crippen molar-refractivity contribution in [2.24, 2.45) is 5.73 Å². The monoisotopic (exact) mass is 261 g/mol. The topological polar surface area (TPSA) is 50.9 Å². The number of rotatable bonds is 3. The minimum absolute atomic E-state index is 0.432. The molecule has 0 aliphatic heterocycles. The molecule has 1 aromatic carbocycles. The van der Waals surface area contributed by atoms with Crippen molar-refractivity contribution >= 4 is 23.1 Å². The van der Waals surface area contributed by atoms with Crippen LogP contribution in [0, 0.1) is 13.8 Å². The SMILES string of the molecule is Cc1ccnc(Nc2ccc(Cl)c(CN)c2C)c1. The first-order valence-corrected chi connectivity index (χ1v) is 6.17. The second-order valence-electron chi connectivity index (χ2n) is 4.25. The standard InChI is InChI=1S/C14H16ClN3/c1-9-5-6-17-14(7-9)18-13-4-3-12(15)11(8-16)10(13)2/h3-7H,8,16H2,1-2H3,(H,17,18). The zero-order valence-electron chi connectivity index (χ0n) is 10.5. The van der Waals surface area contributed by atoms with Gasteiger partial charge in [-0.05, 0) is 54.8 Å². The number of anilines is 2. The van der Waals surface area contributed by atoms with Crippen LogP contribution in [0.15, 0.2) is 30.5 Å². The number of halogens is 1. The van der Waals surface area contributed by atoms with Gasteiger partial charge in [0, 0.05) is 23.5 Å². The number of aromatic nitrogens is 1. The van der Waals surface area contributed by atoms with Crippen molar-refractivity contribution in [3.63, 3.8) is 0 Å². The number of pyridine rings is 1. The molecule has 3 N–H and O–H groups in total. The molecule has 0 radical (unpaired) electrons. The zero-order chi connectivity index (χ0) is 13.1. The van der Waals surface area contributed by atoms with E-state index in [1.54, 1.807) is 6.20 Å². The molecule has 0 spiro atoms. The Bertz CT molecular complexity index is 567. The molecule has 4 heteroatoms. The summed E-state index contributed by atoms with van der Waals surface area (Å²) in [5, 5.41) is 4.00. The second kappa shape index (κ2) is 5.38. The van der Waals surface area contributed by atoms with Crippen LogP contribution in [0.5, 0.6) is 0 Å². The molecule has 0 bridgehead atoms. The van der Waals surface area contributed by atoms with Crippen molar-refractivity contribution in [1.82, 2.24) is 4.98 Å². The van der Waals surface area contributed by atoms with Gasteiger partial charge in [-0.3, -0.25) is 0 Å². The summed E-state index contributed by atoms with van der Waals surface area (Å²) < 4.78 is 0. The number of nitrogens with zero attached hydrogens (tertiary/aromatic N) is 1. The van der Waals surface area contributed by atoms with Gasteiger partial charge in [-0.25, -0.2) is 4.98 Å². The Labute approximate surface area is 112 Å². The minimum atomic E-state index is 0.432. The van der Waals surface area contributed by atoms with Gasteiger partial charge in [-0.1, -0.05) is 11.6 Å². The Morgan fingerprint density at radius 3 is 2.72 bits per heavy atom. The average molecular weight is 262 g/mol. The predicted molar refractivity (Wildman–Crippen MR) is 76.3 cm³/mol. The third-order valence-corrected chi connectivity index (χ3v) is 3.28. The highest BCUT2D eigenvalue weighted by atomic mass is 35.5. The molecule has 2 aromatic rings. The van der Waals surface area contributed by atoms with E-state index in [2.05, 4.69) is 10.3 Å². The molecule has 0 fully saturated rings. The Kier molecular flexibility index (Phi) is 3.84. The molecule has 0 aliphatic rings. The lowest BCUT2D eigenvalue weighted by molar-refractivity contribution is 1.05. The lowest BCUT2D eigenvalue weighted by atomic mass is 10.1. The van der Waals surface area contributed by atoms with Crippen LogP contribution < -0.4 is 11.1 Å². The number of nitrogens with two attached hydrogens (primary N) is 1. The summed E-state index contributed by atoms with van der Waals surface area (Å²) in [6, 6.07) is 7.76. The molecule has 2 rings (SSSR count). The summed E-state index contributed by atoms with van der Waals surface area (Å²) in [4.78, 5) is 4.28. The fourth-order valence-corrected chi connectivity index (χ4v) is 2.13. The number of hydrogen-bond acceptors (Lipinski definition) is 3. The van der Waals surface area contributed by atoms with Crippen LogP contribution in [0.3, 0.4) is 0 Å². The first-order valence-electron chi connectivity index (χ1n) is 5.79. The van der Waals surface area contributed by atoms with Gasteiger partial charge in [-0.15, -0.1) is 0 Å². The van der Waals surface area contributed by atoms with Crippen molar-refractivity contribution < 1.29 is 0 Å². The third kappa shape index (κ3) is 2.63. The maximum absolute atomic E-state index is 6.11. The van der Waals surface area contributed by atoms with E-state index >= 15 is 0 Å². The Hall–Kier alpha value is -1.58. The van der Waals surface area contributed by atoms with Gasteiger partial charge in [0.05, 0.1) is 0 Å². The third-order valence-electron chi connectivity index (χ3n) is 2.92. The molecule has 94 valence electrons. The van der Waals surface area contributed by atoms with E-state index in [1.807, 2.05) is 38.1 Å². The van der Waals surface area contributed by atoms with E-state index in [-0.39, 0.29) is 0 Å². The van der Waals surface area contributed by atoms with Crippen LogP contribution in [0.4, 0.5) is 11.5 Å². The highest BCUT2D eigenvalue weighted by Crippen LogP contribution is 2.27. The lowest BCUT2D eigenvalue weighted by Gasteiger charge is -2.13. The molecular weight excluding hydrogens is 246 g/mol. The van der Waals surface area contributed by atoms with Gasteiger partial charge in [0.1, 0.15) is 5.82 Å². The maximum atomic E-state index is 6.11. The molecule has 0 saturated heterocycles. The van der Waals surface area contributed by atoms with Crippen molar-refractivity contribution in [2.75, 3.05) is 5.32 Å². The minimum Gasteiger partial charge on any atom is -0.340 e. The normalized spacial score (nSPS) is 10.4. The molecule has 0 saturated carbocycles. The van der Waals surface area contributed by atoms with Gasteiger partial charge in [0.15, 0.2) is 0 Å². The highest BCUT2D eigenvalue weighted by Gasteiger charge is 2.07. The van der Waals surface area contributed by atoms with Crippen LogP contribution >= 0.6 is 11.6 Å². The maximum Gasteiger partial charge on any atom is 0.130 e. The van der Waals surface area contributed by atoms with Crippen LogP contribution in [0.25, 0.3) is 0 Å². The van der Waals surface area contributed by atoms with Gasteiger partial charge < -0.3 is 11.1 Å². The smallest absolute Gasteiger partial charge is 0.130 e. The van der Waals surface area contributed by atoms with E-state index in [0.717, 1.165) is 28.2 Å². The summed E-state index contributed by atoms with van der Waals surface area (Å²) in [5.41, 5.74) is 9.89. The van der Waals surface area contributed by atoms with E-state index in [1.165, 1.54) is 0 Å². The predicted octanol–water partition coefficient (Wildman–Crippen LogP) is 3.55. The first-order chi connectivity index (χ1) is 8.61. The largest absolute Gasteiger partial charge is 0.340 e. The van der Waals surface area contributed by atoms with Crippen molar-refractivity contribution in [1.29, 1.82) is 0 Å². The van der Waals surface area contributed by atoms with Gasteiger partial charge in [0.2, 0.25) is 0 Å². The van der Waals surface area contributed by atoms with Crippen LogP contribution in [0.2, 0.25) is 5.02 Å². The molecule has 0 amide bonds. The summed E-state index contributed by atoms with van der Waals surface area (Å²) in [6.07, 6.45) is 1.78. The molecule has 3 nitrogen and oxygen atoms in total. The Balaban J connectivity index is 2.35. The molecule has 1 aromatic heterocycles. The van der Waals surface area contributed by atoms with E-state index in [0.29, 0.717) is 11.6 Å². The van der Waals surface area contributed by atoms with Crippen molar-refractivity contribution in [2.45, 2.75) is 20.4 Å². The number of aryl methyl sites for hydroxylation is 1. The number of hydrogen-bond donors (Lipinski definition) is 2. The van der Waals surface area contributed by atoms with Crippen LogP contribution in [-0.4, -0.2) is 4.98 Å². The molecule has 1 heterocycles. The number of nitrogens with one attached hydrogen (secondary N) is 1. The average Bonchev–Trinajstić information content (AvgIpc) is 2.34. The van der Waals surface area contributed by atoms with E-state index in [9.17, 15) is 0 Å². The lowest BCUT2D eigenvalue weighted by Crippen LogP contribution is -2.03. The molecule has 0 aliphatic carbocycles. The van der Waals surface area contributed by atoms with Gasteiger partial charge in [-0.2, -0.15) is 0 Å². The Morgan fingerprint density at radius 1 is 1.28 bits per heavy atom. The van der Waals surface area contributed by atoms with Gasteiger partial charge >= 0.3 is 0 Å². The summed E-state index contributed by atoms with van der Waals surface area (Å²) in [6.45, 7) is 4.47. The Morgan fingerprint density at radius 2 is 2.06 bits per heavy atom. The van der Waals surface area contributed by atoms with Gasteiger partial charge in [0.25, 0.3) is 0 Å². The van der Waals surface area contributed by atoms with Crippen molar-refractivity contribution in [3.05, 3.63) is 52.2 Å². The first kappa shape index (κ1) is 12.9. The molecule has 18 heavy (non-hydrogen) atoms. The quantitative estimate of drug-likeness (QED) is 0.888. The fraction of sp³-hybridized carbons (Fsp3) is 0.214. The number of benzene rings is 1. The highest BCUT2D eigenvalue weighted by molar-refractivity contribution is 6.31. The summed E-state index contributed by atoms with van der Waals surface area (Å²) in [7, 11) is 0. The molecular formula is C14H16ClN3. The van der Waals surface area contributed by atoms with Crippen LogP contribution in [0.1, 0.15) is 16.7 Å². The zero-order valence-corrected chi connectivity index (χ0v) is 11.3. The summed E-state index contributed by atoms with van der Waals surface area (Å²) in [5.74, 6) is 0.823. The van der Waals surface area contributed by atoms with E-state index < -0.39 is 0 Å². The second-order valence-corrected chi connectivity index (χ2v) is 4.65. The fourth-order valence-electron chi connectivity index (χ4n) is 1.85.